The summed E-state index contributed by atoms with van der Waals surface area (Å²) in [5, 5.41) is 15.1. The van der Waals surface area contributed by atoms with Crippen molar-refractivity contribution in [2.75, 3.05) is 32.8 Å². The molecule has 0 bridgehead atoms. The van der Waals surface area contributed by atoms with Crippen LogP contribution in [0.2, 0.25) is 0 Å². The van der Waals surface area contributed by atoms with Crippen molar-refractivity contribution in [3.63, 3.8) is 0 Å². The molecule has 1 atom stereocenters. The molecule has 172 valence electrons. The van der Waals surface area contributed by atoms with Gasteiger partial charge >= 0.3 is 0 Å². The van der Waals surface area contributed by atoms with Crippen molar-refractivity contribution in [2.24, 2.45) is 7.05 Å². The predicted molar refractivity (Wildman–Crippen MR) is 126 cm³/mol. The van der Waals surface area contributed by atoms with Crippen molar-refractivity contribution >= 4 is 5.91 Å². The minimum Gasteiger partial charge on any atom is -0.491 e. The van der Waals surface area contributed by atoms with E-state index in [1.165, 1.54) is 11.1 Å². The second-order valence-corrected chi connectivity index (χ2v) is 8.99. The molecule has 0 aliphatic carbocycles. The van der Waals surface area contributed by atoms with Gasteiger partial charge in [0.25, 0.3) is 5.91 Å². The number of benzene rings is 2. The molecule has 3 heterocycles. The zero-order chi connectivity index (χ0) is 22.9. The highest BCUT2D eigenvalue weighted by atomic mass is 16.5. The normalized spacial score (nSPS) is 17.2. The van der Waals surface area contributed by atoms with Gasteiger partial charge in [-0.15, -0.1) is 0 Å². The maximum Gasteiger partial charge on any atom is 0.257 e. The minimum atomic E-state index is -0.613. The van der Waals surface area contributed by atoms with E-state index in [1.807, 2.05) is 43.0 Å². The molecule has 1 aromatic heterocycles. The number of fused-ring (bicyclic) bond motifs is 2. The third-order valence-electron chi connectivity index (χ3n) is 6.77. The Morgan fingerprint density at radius 1 is 1.09 bits per heavy atom. The third kappa shape index (κ3) is 4.38. The Hall–Kier alpha value is -3.16. The second-order valence-electron chi connectivity index (χ2n) is 8.99. The lowest BCUT2D eigenvalue weighted by Crippen LogP contribution is -2.44. The van der Waals surface area contributed by atoms with Crippen molar-refractivity contribution in [2.45, 2.75) is 26.0 Å². The Morgan fingerprint density at radius 3 is 2.70 bits per heavy atom. The number of hydrogen-bond donors (Lipinski definition) is 1. The van der Waals surface area contributed by atoms with Gasteiger partial charge in [-0.05, 0) is 42.2 Å². The Bertz CT molecular complexity index is 1170. The first-order chi connectivity index (χ1) is 16.0. The molecule has 0 radical (unpaired) electrons. The number of nitrogens with zero attached hydrogens (tertiary/aromatic N) is 4. The Balaban J connectivity index is 1.26. The van der Waals surface area contributed by atoms with E-state index in [-0.39, 0.29) is 5.91 Å². The van der Waals surface area contributed by atoms with Crippen LogP contribution in [0, 0.1) is 6.92 Å². The fourth-order valence-electron chi connectivity index (χ4n) is 4.80. The Kier molecular flexibility index (Phi) is 5.91. The summed E-state index contributed by atoms with van der Waals surface area (Å²) in [6, 6.07) is 14.2. The average Bonchev–Trinajstić information content (AvgIpc) is 3.07. The van der Waals surface area contributed by atoms with Gasteiger partial charge in [0.05, 0.1) is 24.4 Å². The minimum absolute atomic E-state index is 0.0972. The smallest absolute Gasteiger partial charge is 0.257 e. The zero-order valence-electron chi connectivity index (χ0n) is 19.2. The van der Waals surface area contributed by atoms with Crippen LogP contribution in [-0.2, 0) is 20.0 Å². The molecule has 1 amide bonds. The van der Waals surface area contributed by atoms with E-state index in [4.69, 9.17) is 4.74 Å². The van der Waals surface area contributed by atoms with Gasteiger partial charge in [0, 0.05) is 44.5 Å². The summed E-state index contributed by atoms with van der Waals surface area (Å²) >= 11 is 0. The number of rotatable bonds is 5. The first-order valence-corrected chi connectivity index (χ1v) is 11.5. The topological polar surface area (TPSA) is 70.8 Å². The predicted octanol–water partition coefficient (Wildman–Crippen LogP) is 2.65. The highest BCUT2D eigenvalue weighted by Crippen LogP contribution is 2.31. The molecule has 5 rings (SSSR count). The summed E-state index contributed by atoms with van der Waals surface area (Å²) < 4.78 is 7.78. The van der Waals surface area contributed by atoms with E-state index in [2.05, 4.69) is 34.3 Å². The van der Waals surface area contributed by atoms with Gasteiger partial charge in [-0.25, -0.2) is 0 Å². The number of amides is 1. The van der Waals surface area contributed by atoms with Gasteiger partial charge in [0.1, 0.15) is 12.4 Å². The lowest BCUT2D eigenvalue weighted by atomic mass is 10.00. The second kappa shape index (κ2) is 9.00. The maximum atomic E-state index is 13.3. The molecule has 0 saturated heterocycles. The van der Waals surface area contributed by atoms with Crippen molar-refractivity contribution in [1.29, 1.82) is 0 Å². The molecule has 2 aromatic carbocycles. The van der Waals surface area contributed by atoms with Gasteiger partial charge < -0.3 is 14.7 Å². The quantitative estimate of drug-likeness (QED) is 0.653. The number of carbonyl (C=O) groups is 1. The van der Waals surface area contributed by atoms with Crippen LogP contribution in [0.15, 0.2) is 48.7 Å². The summed E-state index contributed by atoms with van der Waals surface area (Å²) in [5.41, 5.74) is 6.31. The number of ether oxygens (including phenoxy) is 1. The number of aromatic nitrogens is 2. The van der Waals surface area contributed by atoms with Crippen LogP contribution < -0.4 is 4.74 Å². The molecule has 2 aliphatic rings. The molecule has 0 spiro atoms. The molecule has 3 aromatic rings. The largest absolute Gasteiger partial charge is 0.491 e. The Morgan fingerprint density at radius 2 is 1.91 bits per heavy atom. The molecule has 7 heteroatoms. The van der Waals surface area contributed by atoms with Crippen molar-refractivity contribution in [1.82, 2.24) is 19.6 Å². The van der Waals surface area contributed by atoms with Crippen LogP contribution in [-0.4, -0.2) is 69.5 Å². The van der Waals surface area contributed by atoms with E-state index < -0.39 is 6.10 Å². The van der Waals surface area contributed by atoms with E-state index in [9.17, 15) is 9.90 Å². The number of aryl methyl sites for hydroxylation is 1. The van der Waals surface area contributed by atoms with Crippen LogP contribution in [0.25, 0.3) is 11.1 Å². The summed E-state index contributed by atoms with van der Waals surface area (Å²) in [7, 11) is 1.91. The molecule has 0 unspecified atom stereocenters. The molecule has 0 fully saturated rings. The number of β-amino-alcohol motifs (C(OH)–C–C–N with tert-alkyl or cyclic N) is 1. The van der Waals surface area contributed by atoms with E-state index in [0.29, 0.717) is 37.6 Å². The van der Waals surface area contributed by atoms with Crippen LogP contribution >= 0.6 is 0 Å². The molecular formula is C26H30N4O3. The number of hydrogen-bond acceptors (Lipinski definition) is 5. The maximum absolute atomic E-state index is 13.3. The summed E-state index contributed by atoms with van der Waals surface area (Å²) in [6.07, 6.45) is 2.21. The monoisotopic (exact) mass is 446 g/mol. The van der Waals surface area contributed by atoms with Gasteiger partial charge in [-0.3, -0.25) is 14.4 Å². The van der Waals surface area contributed by atoms with Crippen LogP contribution in [0.5, 0.6) is 5.75 Å². The van der Waals surface area contributed by atoms with E-state index in [1.54, 1.807) is 4.90 Å². The molecule has 33 heavy (non-hydrogen) atoms. The van der Waals surface area contributed by atoms with Crippen molar-refractivity contribution in [3.8, 4) is 16.9 Å². The SMILES string of the molecule is Cc1c(-c2ccc3c(c2)OCCN(C[C@H](O)CN2CCc4ccccc4C2)C3=O)cnn1C. The lowest BCUT2D eigenvalue weighted by Gasteiger charge is -2.32. The molecule has 2 aliphatic heterocycles. The first-order valence-electron chi connectivity index (χ1n) is 11.5. The van der Waals surface area contributed by atoms with Crippen LogP contribution in [0.3, 0.4) is 0 Å². The average molecular weight is 447 g/mol. The number of aliphatic hydroxyl groups is 1. The summed E-state index contributed by atoms with van der Waals surface area (Å²) in [6.45, 7) is 5.47. The van der Waals surface area contributed by atoms with Gasteiger partial charge in [-0.1, -0.05) is 30.3 Å². The number of carbonyl (C=O) groups excluding carboxylic acids is 1. The zero-order valence-corrected chi connectivity index (χ0v) is 19.2. The standard InChI is InChI=1S/C26H30N4O3/c1-18-24(14-27-28(18)2)20-7-8-23-25(13-20)33-12-11-30(26(23)32)17-22(31)16-29-10-9-19-5-3-4-6-21(19)15-29/h3-8,13-14,22,31H,9-12,15-17H2,1-2H3/t22-/m1/s1. The third-order valence-corrected chi connectivity index (χ3v) is 6.77. The van der Waals surface area contributed by atoms with E-state index in [0.717, 1.165) is 36.3 Å². The van der Waals surface area contributed by atoms with Crippen LogP contribution in [0.4, 0.5) is 0 Å². The number of aliphatic hydroxyl groups excluding tert-OH is 1. The molecule has 0 saturated carbocycles. The summed E-state index contributed by atoms with van der Waals surface area (Å²) in [4.78, 5) is 17.2. The highest BCUT2D eigenvalue weighted by Gasteiger charge is 2.27. The fraction of sp³-hybridized carbons (Fsp3) is 0.385. The van der Waals surface area contributed by atoms with Crippen molar-refractivity contribution in [3.05, 3.63) is 71.0 Å². The fourth-order valence-corrected chi connectivity index (χ4v) is 4.80. The van der Waals surface area contributed by atoms with E-state index >= 15 is 0 Å². The molecular weight excluding hydrogens is 416 g/mol. The van der Waals surface area contributed by atoms with Gasteiger partial charge in [-0.2, -0.15) is 5.10 Å². The van der Waals surface area contributed by atoms with Gasteiger partial charge in [0.2, 0.25) is 0 Å². The lowest BCUT2D eigenvalue weighted by molar-refractivity contribution is 0.0501. The van der Waals surface area contributed by atoms with Crippen LogP contribution in [0.1, 0.15) is 27.2 Å². The Labute approximate surface area is 194 Å². The molecule has 1 N–H and O–H groups in total. The van der Waals surface area contributed by atoms with Crippen molar-refractivity contribution < 1.29 is 14.6 Å². The first kappa shape index (κ1) is 21.7. The molecule has 7 nitrogen and oxygen atoms in total. The summed E-state index contributed by atoms with van der Waals surface area (Å²) in [5.74, 6) is 0.491. The highest BCUT2D eigenvalue weighted by molar-refractivity contribution is 5.98. The van der Waals surface area contributed by atoms with Gasteiger partial charge in [0.15, 0.2) is 0 Å².